The van der Waals surface area contributed by atoms with Gasteiger partial charge in [-0.3, -0.25) is 0 Å². The molecule has 0 heterocycles. The first kappa shape index (κ1) is 19.9. The van der Waals surface area contributed by atoms with E-state index in [2.05, 4.69) is 5.16 Å². The average molecular weight is 396 g/mol. The highest BCUT2D eigenvalue weighted by atomic mass is 35.5. The number of likely N-dealkylation sites (N-methyl/N-ethyl adjacent to an activating group) is 1. The van der Waals surface area contributed by atoms with E-state index in [0.717, 1.165) is 9.87 Å². The lowest BCUT2D eigenvalue weighted by molar-refractivity contribution is -0.143. The molecule has 26 heavy (non-hydrogen) atoms. The summed E-state index contributed by atoms with van der Waals surface area (Å²) in [5, 5.41) is 4.05. The van der Waals surface area contributed by atoms with Crippen molar-refractivity contribution in [3.63, 3.8) is 0 Å². The number of sulfonamides is 1. The van der Waals surface area contributed by atoms with E-state index in [1.165, 1.54) is 19.2 Å². The number of benzene rings is 2. The highest BCUT2D eigenvalue weighted by molar-refractivity contribution is 7.89. The monoisotopic (exact) mass is 395 g/mol. The summed E-state index contributed by atoms with van der Waals surface area (Å²) in [6.07, 6.45) is 0. The summed E-state index contributed by atoms with van der Waals surface area (Å²) in [4.78, 5) is 16.6. The molecule has 7 nitrogen and oxygen atoms in total. The zero-order valence-corrected chi connectivity index (χ0v) is 15.8. The van der Waals surface area contributed by atoms with Crippen molar-refractivity contribution in [2.24, 2.45) is 10.9 Å². The van der Waals surface area contributed by atoms with Crippen LogP contribution in [0.1, 0.15) is 11.1 Å². The highest BCUT2D eigenvalue weighted by Crippen LogP contribution is 2.15. The van der Waals surface area contributed by atoms with Crippen molar-refractivity contribution in [2.75, 3.05) is 13.6 Å². The largest absolute Gasteiger partial charge is 0.380 e. The Bertz CT molecular complexity index is 910. The van der Waals surface area contributed by atoms with Gasteiger partial charge in [0.2, 0.25) is 10.0 Å². The molecule has 2 rings (SSSR count). The number of carbonyl (C=O) groups excluding carboxylic acids is 1. The van der Waals surface area contributed by atoms with Gasteiger partial charge in [0.05, 0.1) is 4.90 Å². The lowest BCUT2D eigenvalue weighted by Crippen LogP contribution is -2.32. The average Bonchev–Trinajstić information content (AvgIpc) is 2.60. The Kier molecular flexibility index (Phi) is 6.36. The molecule has 0 aliphatic rings. The summed E-state index contributed by atoms with van der Waals surface area (Å²) in [5.74, 6) is -0.890. The van der Waals surface area contributed by atoms with Gasteiger partial charge in [0.1, 0.15) is 6.54 Å². The minimum atomic E-state index is -3.81. The molecule has 0 aliphatic heterocycles. The van der Waals surface area contributed by atoms with Gasteiger partial charge in [-0.05, 0) is 43.3 Å². The van der Waals surface area contributed by atoms with Crippen molar-refractivity contribution in [2.45, 2.75) is 11.8 Å². The molecule has 0 unspecified atom stereocenters. The summed E-state index contributed by atoms with van der Waals surface area (Å²) in [7, 11) is -2.53. The maximum absolute atomic E-state index is 12.4. The Labute approximate surface area is 157 Å². The van der Waals surface area contributed by atoms with Gasteiger partial charge in [-0.2, -0.15) is 4.31 Å². The number of hydrogen-bond acceptors (Lipinski definition) is 5. The second-order valence-electron chi connectivity index (χ2n) is 5.52. The SMILES string of the molecule is Cc1ccc(S(=O)(=O)N(C)CC(=O)ON=C(N)c2ccc(Cl)cc2)cc1. The highest BCUT2D eigenvalue weighted by Gasteiger charge is 2.23. The van der Waals surface area contributed by atoms with Crippen molar-refractivity contribution in [3.05, 3.63) is 64.7 Å². The third-order valence-electron chi connectivity index (χ3n) is 3.47. The molecular weight excluding hydrogens is 378 g/mol. The number of amidine groups is 1. The zero-order chi connectivity index (χ0) is 19.3. The Morgan fingerprint density at radius 2 is 1.73 bits per heavy atom. The fourth-order valence-electron chi connectivity index (χ4n) is 1.96. The van der Waals surface area contributed by atoms with Crippen LogP contribution in [0.2, 0.25) is 5.02 Å². The molecule has 2 N–H and O–H groups in total. The fraction of sp³-hybridized carbons (Fsp3) is 0.176. The predicted molar refractivity (Wildman–Crippen MR) is 99.3 cm³/mol. The van der Waals surface area contributed by atoms with Gasteiger partial charge in [-0.25, -0.2) is 13.2 Å². The normalized spacial score (nSPS) is 12.2. The van der Waals surface area contributed by atoms with Crippen LogP contribution in [0.3, 0.4) is 0 Å². The van der Waals surface area contributed by atoms with E-state index in [1.807, 2.05) is 6.92 Å². The van der Waals surface area contributed by atoms with Crippen LogP contribution in [0, 0.1) is 6.92 Å². The molecule has 0 amide bonds. The molecule has 0 fully saturated rings. The van der Waals surface area contributed by atoms with E-state index in [1.54, 1.807) is 36.4 Å². The number of oxime groups is 1. The number of rotatable bonds is 6. The minimum Gasteiger partial charge on any atom is -0.380 e. The minimum absolute atomic E-state index is 0.0286. The Morgan fingerprint density at radius 3 is 2.31 bits per heavy atom. The summed E-state index contributed by atoms with van der Waals surface area (Å²) >= 11 is 5.77. The smallest absolute Gasteiger partial charge is 0.350 e. The molecule has 2 aromatic carbocycles. The molecule has 0 saturated carbocycles. The first-order valence-electron chi connectivity index (χ1n) is 7.52. The molecule has 2 aromatic rings. The van der Waals surface area contributed by atoms with Gasteiger partial charge in [-0.15, -0.1) is 0 Å². The number of aryl methyl sites for hydroxylation is 1. The van der Waals surface area contributed by atoms with Crippen LogP contribution in [-0.4, -0.2) is 38.1 Å². The van der Waals surface area contributed by atoms with E-state index in [-0.39, 0.29) is 10.7 Å². The lowest BCUT2D eigenvalue weighted by Gasteiger charge is -2.15. The van der Waals surface area contributed by atoms with Crippen LogP contribution in [0.5, 0.6) is 0 Å². The lowest BCUT2D eigenvalue weighted by atomic mass is 10.2. The fourth-order valence-corrected chi connectivity index (χ4v) is 3.20. The van der Waals surface area contributed by atoms with Gasteiger partial charge in [0.15, 0.2) is 5.84 Å². The quantitative estimate of drug-likeness (QED) is 0.349. The van der Waals surface area contributed by atoms with E-state index in [9.17, 15) is 13.2 Å². The van der Waals surface area contributed by atoms with Gasteiger partial charge in [-0.1, -0.05) is 34.5 Å². The number of hydrogen-bond donors (Lipinski definition) is 1. The summed E-state index contributed by atoms with van der Waals surface area (Å²) in [6, 6.07) is 12.8. The molecule has 0 aromatic heterocycles. The number of nitrogens with zero attached hydrogens (tertiary/aromatic N) is 2. The van der Waals surface area contributed by atoms with Crippen molar-refractivity contribution in [1.29, 1.82) is 0 Å². The predicted octanol–water partition coefficient (Wildman–Crippen LogP) is 2.13. The molecule has 0 aliphatic carbocycles. The van der Waals surface area contributed by atoms with Crippen LogP contribution in [0.4, 0.5) is 0 Å². The standard InChI is InChI=1S/C17H18ClN3O4S/c1-12-3-9-15(10-4-12)26(23,24)21(2)11-16(22)25-20-17(19)13-5-7-14(18)8-6-13/h3-10H,11H2,1-2H3,(H2,19,20). The van der Waals surface area contributed by atoms with Gasteiger partial charge in [0.25, 0.3) is 0 Å². The van der Waals surface area contributed by atoms with Crippen LogP contribution >= 0.6 is 11.6 Å². The second-order valence-corrected chi connectivity index (χ2v) is 8.00. The Morgan fingerprint density at radius 1 is 1.15 bits per heavy atom. The summed E-state index contributed by atoms with van der Waals surface area (Å²) in [5.41, 5.74) is 7.16. The zero-order valence-electron chi connectivity index (χ0n) is 14.2. The molecule has 0 spiro atoms. The maximum Gasteiger partial charge on any atom is 0.350 e. The van der Waals surface area contributed by atoms with Gasteiger partial charge >= 0.3 is 5.97 Å². The number of nitrogens with two attached hydrogens (primary N) is 1. The van der Waals surface area contributed by atoms with Crippen molar-refractivity contribution >= 4 is 33.4 Å². The third kappa shape index (κ3) is 5.04. The van der Waals surface area contributed by atoms with Gasteiger partial charge in [0, 0.05) is 17.6 Å². The van der Waals surface area contributed by atoms with E-state index < -0.39 is 22.5 Å². The van der Waals surface area contributed by atoms with Crippen molar-refractivity contribution in [3.8, 4) is 0 Å². The first-order chi connectivity index (χ1) is 12.2. The summed E-state index contributed by atoms with van der Waals surface area (Å²) < 4.78 is 25.7. The van der Waals surface area contributed by atoms with E-state index >= 15 is 0 Å². The Balaban J connectivity index is 2.01. The first-order valence-corrected chi connectivity index (χ1v) is 9.34. The van der Waals surface area contributed by atoms with Crippen LogP contribution in [0.25, 0.3) is 0 Å². The maximum atomic E-state index is 12.4. The molecule has 0 radical (unpaired) electrons. The number of carbonyl (C=O) groups is 1. The van der Waals surface area contributed by atoms with Crippen LogP contribution < -0.4 is 5.73 Å². The summed E-state index contributed by atoms with van der Waals surface area (Å²) in [6.45, 7) is 1.34. The Hall–Kier alpha value is -2.42. The second kappa shape index (κ2) is 8.31. The van der Waals surface area contributed by atoms with Gasteiger partial charge < -0.3 is 10.6 Å². The van der Waals surface area contributed by atoms with Crippen molar-refractivity contribution < 1.29 is 18.0 Å². The number of halogens is 1. The van der Waals surface area contributed by atoms with E-state index in [4.69, 9.17) is 22.2 Å². The molecule has 9 heteroatoms. The third-order valence-corrected chi connectivity index (χ3v) is 5.54. The molecule has 0 saturated heterocycles. The molecule has 0 bridgehead atoms. The van der Waals surface area contributed by atoms with E-state index in [0.29, 0.717) is 10.6 Å². The molecule has 0 atom stereocenters. The molecule has 138 valence electrons. The molecular formula is C17H18ClN3O4S. The van der Waals surface area contributed by atoms with Crippen molar-refractivity contribution in [1.82, 2.24) is 4.31 Å². The van der Waals surface area contributed by atoms with Crippen LogP contribution in [-0.2, 0) is 19.7 Å². The topological polar surface area (TPSA) is 102 Å². The van der Waals surface area contributed by atoms with Crippen LogP contribution in [0.15, 0.2) is 58.6 Å².